The van der Waals surface area contributed by atoms with Crippen LogP contribution in [0, 0.1) is 0 Å². The van der Waals surface area contributed by atoms with E-state index in [4.69, 9.17) is 4.74 Å². The Bertz CT molecular complexity index is 479. The Labute approximate surface area is 131 Å². The van der Waals surface area contributed by atoms with Crippen molar-refractivity contribution in [1.29, 1.82) is 0 Å². The highest BCUT2D eigenvalue weighted by Crippen LogP contribution is 2.21. The summed E-state index contributed by atoms with van der Waals surface area (Å²) in [5.74, 6) is 2.98. The number of hydrogen-bond acceptors (Lipinski definition) is 4. The van der Waals surface area contributed by atoms with Crippen LogP contribution >= 0.6 is 11.8 Å². The van der Waals surface area contributed by atoms with Crippen molar-refractivity contribution in [2.75, 3.05) is 45.8 Å². The molecular formula is C16H24N2O2S. The van der Waals surface area contributed by atoms with Crippen LogP contribution in [0.25, 0.3) is 0 Å². The van der Waals surface area contributed by atoms with E-state index in [2.05, 4.69) is 19.0 Å². The van der Waals surface area contributed by atoms with Crippen LogP contribution in [-0.4, -0.2) is 67.5 Å². The summed E-state index contributed by atoms with van der Waals surface area (Å²) < 4.78 is 5.23. The highest BCUT2D eigenvalue weighted by atomic mass is 32.2. The van der Waals surface area contributed by atoms with Crippen LogP contribution < -0.4 is 4.74 Å². The molecule has 1 unspecified atom stereocenters. The van der Waals surface area contributed by atoms with Crippen LogP contribution in [0.3, 0.4) is 0 Å². The van der Waals surface area contributed by atoms with Crippen LogP contribution in [0.15, 0.2) is 24.3 Å². The zero-order valence-electron chi connectivity index (χ0n) is 13.0. The predicted molar refractivity (Wildman–Crippen MR) is 88.3 cm³/mol. The summed E-state index contributed by atoms with van der Waals surface area (Å²) in [7, 11) is 5.74. The summed E-state index contributed by atoms with van der Waals surface area (Å²) in [6, 6.07) is 7.71. The van der Waals surface area contributed by atoms with Gasteiger partial charge in [-0.1, -0.05) is 6.07 Å². The summed E-state index contributed by atoms with van der Waals surface area (Å²) in [5.41, 5.74) is 0.713. The van der Waals surface area contributed by atoms with Crippen LogP contribution in [-0.2, 0) is 0 Å². The van der Waals surface area contributed by atoms with Gasteiger partial charge in [0.15, 0.2) is 0 Å². The molecule has 1 saturated heterocycles. The van der Waals surface area contributed by atoms with Gasteiger partial charge in [-0.2, -0.15) is 11.8 Å². The van der Waals surface area contributed by atoms with Crippen molar-refractivity contribution >= 4 is 17.7 Å². The Morgan fingerprint density at radius 3 is 3.00 bits per heavy atom. The van der Waals surface area contributed by atoms with E-state index >= 15 is 0 Å². The summed E-state index contributed by atoms with van der Waals surface area (Å²) in [6.07, 6.45) is 1.06. The molecule has 21 heavy (non-hydrogen) atoms. The number of amides is 1. The molecule has 1 aromatic carbocycles. The summed E-state index contributed by atoms with van der Waals surface area (Å²) in [4.78, 5) is 17.0. The number of benzene rings is 1. The third-order valence-corrected chi connectivity index (χ3v) is 4.79. The van der Waals surface area contributed by atoms with Gasteiger partial charge in [0.25, 0.3) is 5.91 Å². The third-order valence-electron chi connectivity index (χ3n) is 3.59. The first-order chi connectivity index (χ1) is 10.1. The summed E-state index contributed by atoms with van der Waals surface area (Å²) in [6.45, 7) is 1.74. The first kappa shape index (κ1) is 16.2. The van der Waals surface area contributed by atoms with E-state index in [9.17, 15) is 4.79 Å². The molecule has 4 nitrogen and oxygen atoms in total. The first-order valence-corrected chi connectivity index (χ1v) is 8.45. The summed E-state index contributed by atoms with van der Waals surface area (Å²) >= 11 is 1.94. The predicted octanol–water partition coefficient (Wildman–Crippen LogP) is 2.20. The van der Waals surface area contributed by atoms with Gasteiger partial charge in [-0.15, -0.1) is 0 Å². The third kappa shape index (κ3) is 4.38. The maximum Gasteiger partial charge on any atom is 0.254 e. The van der Waals surface area contributed by atoms with E-state index < -0.39 is 0 Å². The molecule has 1 amide bonds. The lowest BCUT2D eigenvalue weighted by Crippen LogP contribution is -2.46. The maximum atomic E-state index is 12.9. The van der Waals surface area contributed by atoms with Gasteiger partial charge in [0.2, 0.25) is 0 Å². The zero-order valence-corrected chi connectivity index (χ0v) is 13.9. The molecule has 116 valence electrons. The number of rotatable bonds is 4. The minimum absolute atomic E-state index is 0.114. The lowest BCUT2D eigenvalue weighted by atomic mass is 10.1. The molecule has 1 aromatic rings. The summed E-state index contributed by atoms with van der Waals surface area (Å²) in [5, 5.41) is 0. The van der Waals surface area contributed by atoms with Crippen molar-refractivity contribution in [3.63, 3.8) is 0 Å². The first-order valence-electron chi connectivity index (χ1n) is 7.29. The van der Waals surface area contributed by atoms with Crippen molar-refractivity contribution in [3.05, 3.63) is 29.8 Å². The molecule has 5 heteroatoms. The minimum atomic E-state index is 0.114. The highest BCUT2D eigenvalue weighted by Gasteiger charge is 2.27. The van der Waals surface area contributed by atoms with E-state index in [0.29, 0.717) is 5.56 Å². The second kappa shape index (κ2) is 7.71. The normalized spacial score (nSPS) is 19.4. The molecule has 1 heterocycles. The van der Waals surface area contributed by atoms with E-state index in [1.54, 1.807) is 7.11 Å². The average molecular weight is 308 g/mol. The smallest absolute Gasteiger partial charge is 0.254 e. The maximum absolute atomic E-state index is 12.9. The van der Waals surface area contributed by atoms with Gasteiger partial charge in [0.1, 0.15) is 5.75 Å². The number of likely N-dealkylation sites (N-methyl/N-ethyl adjacent to an activating group) is 1. The molecule has 0 aliphatic carbocycles. The largest absolute Gasteiger partial charge is 0.497 e. The molecular weight excluding hydrogens is 284 g/mol. The van der Waals surface area contributed by atoms with Crippen LogP contribution in [0.1, 0.15) is 16.8 Å². The minimum Gasteiger partial charge on any atom is -0.497 e. The van der Waals surface area contributed by atoms with Crippen molar-refractivity contribution < 1.29 is 9.53 Å². The topological polar surface area (TPSA) is 32.8 Å². The second-order valence-corrected chi connectivity index (χ2v) is 6.72. The molecule has 0 aromatic heterocycles. The van der Waals surface area contributed by atoms with Crippen molar-refractivity contribution in [3.8, 4) is 5.75 Å². The zero-order chi connectivity index (χ0) is 15.2. The van der Waals surface area contributed by atoms with E-state index in [0.717, 1.165) is 36.8 Å². The fourth-order valence-electron chi connectivity index (χ4n) is 2.59. The SMILES string of the molecule is COc1cccc(C(=O)N2CCCSCC2CN(C)C)c1. The Balaban J connectivity index is 2.19. The van der Waals surface area contributed by atoms with Gasteiger partial charge in [0, 0.05) is 24.4 Å². The van der Waals surface area contributed by atoms with Crippen LogP contribution in [0.2, 0.25) is 0 Å². The van der Waals surface area contributed by atoms with Gasteiger partial charge < -0.3 is 14.5 Å². The van der Waals surface area contributed by atoms with Crippen LogP contribution in [0.5, 0.6) is 5.75 Å². The molecule has 0 radical (unpaired) electrons. The Hall–Kier alpha value is -1.20. The fraction of sp³-hybridized carbons (Fsp3) is 0.562. The number of hydrogen-bond donors (Lipinski definition) is 0. The van der Waals surface area contributed by atoms with Crippen LogP contribution in [0.4, 0.5) is 0 Å². The Kier molecular flexibility index (Phi) is 5.94. The van der Waals surface area contributed by atoms with Gasteiger partial charge >= 0.3 is 0 Å². The Morgan fingerprint density at radius 1 is 1.48 bits per heavy atom. The monoisotopic (exact) mass is 308 g/mol. The second-order valence-electron chi connectivity index (χ2n) is 5.58. The number of methoxy groups -OCH3 is 1. The Morgan fingerprint density at radius 2 is 2.29 bits per heavy atom. The fourth-order valence-corrected chi connectivity index (χ4v) is 3.65. The number of nitrogens with zero attached hydrogens (tertiary/aromatic N) is 2. The molecule has 1 atom stereocenters. The highest BCUT2D eigenvalue weighted by molar-refractivity contribution is 7.99. The molecule has 1 aliphatic heterocycles. The van der Waals surface area contributed by atoms with Crippen molar-refractivity contribution in [1.82, 2.24) is 9.80 Å². The lowest BCUT2D eigenvalue weighted by Gasteiger charge is -2.31. The number of ether oxygens (including phenoxy) is 1. The van der Waals surface area contributed by atoms with Gasteiger partial charge in [-0.05, 0) is 44.5 Å². The number of carbonyl (C=O) groups is 1. The van der Waals surface area contributed by atoms with Gasteiger partial charge in [-0.3, -0.25) is 4.79 Å². The molecule has 0 N–H and O–H groups in total. The molecule has 0 saturated carbocycles. The van der Waals surface area contributed by atoms with E-state index in [-0.39, 0.29) is 11.9 Å². The average Bonchev–Trinajstić information content (AvgIpc) is 2.71. The van der Waals surface area contributed by atoms with Crippen molar-refractivity contribution in [2.45, 2.75) is 12.5 Å². The number of thioether (sulfide) groups is 1. The molecule has 1 fully saturated rings. The number of carbonyl (C=O) groups excluding carboxylic acids is 1. The van der Waals surface area contributed by atoms with Gasteiger partial charge in [0.05, 0.1) is 13.2 Å². The molecule has 0 spiro atoms. The molecule has 1 aliphatic rings. The van der Waals surface area contributed by atoms with E-state index in [1.165, 1.54) is 0 Å². The molecule has 2 rings (SSSR count). The lowest BCUT2D eigenvalue weighted by molar-refractivity contribution is 0.0675. The molecule has 0 bridgehead atoms. The standard InChI is InChI=1S/C16H24N2O2S/c1-17(2)11-14-12-21-9-5-8-18(14)16(19)13-6-4-7-15(10-13)20-3/h4,6-7,10,14H,5,8-9,11-12H2,1-3H3. The van der Waals surface area contributed by atoms with E-state index in [1.807, 2.05) is 40.9 Å². The quantitative estimate of drug-likeness (QED) is 0.854. The van der Waals surface area contributed by atoms with Gasteiger partial charge in [-0.25, -0.2) is 0 Å². The van der Waals surface area contributed by atoms with Crippen molar-refractivity contribution in [2.24, 2.45) is 0 Å².